The number of ether oxygens (including phenoxy) is 1. The Labute approximate surface area is 69.4 Å². The smallest absolute Gasteiger partial charge is 0.0550 e. The third-order valence-corrected chi connectivity index (χ3v) is 2.14. The molecule has 1 saturated heterocycles. The number of hydrogen-bond acceptors (Lipinski definition) is 1. The minimum atomic E-state index is 0.491. The Kier molecular flexibility index (Phi) is 3.13. The van der Waals surface area contributed by atoms with Crippen molar-refractivity contribution in [1.82, 2.24) is 0 Å². The van der Waals surface area contributed by atoms with Gasteiger partial charge in [0.15, 0.2) is 0 Å². The van der Waals surface area contributed by atoms with Gasteiger partial charge < -0.3 is 4.74 Å². The highest BCUT2D eigenvalue weighted by atomic mass is 16.5. The maximum Gasteiger partial charge on any atom is 0.0550 e. The lowest BCUT2D eigenvalue weighted by Gasteiger charge is -2.02. The van der Waals surface area contributed by atoms with E-state index >= 15 is 0 Å². The van der Waals surface area contributed by atoms with Gasteiger partial charge in [-0.15, -0.1) is 0 Å². The van der Waals surface area contributed by atoms with Crippen molar-refractivity contribution < 1.29 is 4.74 Å². The van der Waals surface area contributed by atoms with Crippen LogP contribution < -0.4 is 0 Å². The van der Waals surface area contributed by atoms with Gasteiger partial charge in [-0.2, -0.15) is 0 Å². The third-order valence-electron chi connectivity index (χ3n) is 2.14. The van der Waals surface area contributed by atoms with Crippen molar-refractivity contribution in [3.05, 3.63) is 11.6 Å². The summed E-state index contributed by atoms with van der Waals surface area (Å²) >= 11 is 0. The fraction of sp³-hybridized carbons (Fsp3) is 0.800. The number of hydrogen-bond donors (Lipinski definition) is 0. The Hall–Kier alpha value is -0.300. The largest absolute Gasteiger partial charge is 0.378 e. The van der Waals surface area contributed by atoms with E-state index in [1.165, 1.54) is 18.4 Å². The zero-order chi connectivity index (χ0) is 8.27. The molecule has 1 rings (SSSR count). The Morgan fingerprint density at radius 1 is 1.55 bits per heavy atom. The summed E-state index contributed by atoms with van der Waals surface area (Å²) in [6, 6.07) is 0. The Morgan fingerprint density at radius 2 is 2.27 bits per heavy atom. The Bertz CT molecular complexity index is 145. The molecule has 0 spiro atoms. The van der Waals surface area contributed by atoms with E-state index in [0.29, 0.717) is 6.10 Å². The minimum absolute atomic E-state index is 0.491. The summed E-state index contributed by atoms with van der Waals surface area (Å²) in [5.41, 5.74) is 1.42. The van der Waals surface area contributed by atoms with E-state index in [2.05, 4.69) is 26.8 Å². The van der Waals surface area contributed by atoms with Crippen molar-refractivity contribution in [1.29, 1.82) is 0 Å². The quantitative estimate of drug-likeness (QED) is 0.556. The van der Waals surface area contributed by atoms with Crippen LogP contribution in [0.5, 0.6) is 0 Å². The second kappa shape index (κ2) is 3.91. The van der Waals surface area contributed by atoms with Crippen molar-refractivity contribution in [2.45, 2.75) is 39.7 Å². The summed E-state index contributed by atoms with van der Waals surface area (Å²) in [5, 5.41) is 0. The molecule has 0 aromatic heterocycles. The van der Waals surface area contributed by atoms with Crippen LogP contribution >= 0.6 is 0 Å². The molecule has 1 fully saturated rings. The highest BCUT2D eigenvalue weighted by Gasteiger charge is 2.20. The van der Waals surface area contributed by atoms with Gasteiger partial charge >= 0.3 is 0 Å². The maximum atomic E-state index is 5.47. The van der Waals surface area contributed by atoms with Crippen molar-refractivity contribution in [2.75, 3.05) is 6.61 Å². The molecule has 0 amide bonds. The highest BCUT2D eigenvalue weighted by Crippen LogP contribution is 2.22. The molecule has 11 heavy (non-hydrogen) atoms. The normalized spacial score (nSPS) is 30.5. The summed E-state index contributed by atoms with van der Waals surface area (Å²) in [4.78, 5) is 0. The minimum Gasteiger partial charge on any atom is -0.378 e. The summed E-state index contributed by atoms with van der Waals surface area (Å²) < 4.78 is 5.47. The van der Waals surface area contributed by atoms with Gasteiger partial charge in [0.1, 0.15) is 0 Å². The van der Waals surface area contributed by atoms with Crippen molar-refractivity contribution >= 4 is 0 Å². The number of allylic oxidation sites excluding steroid dienone is 2. The van der Waals surface area contributed by atoms with Crippen molar-refractivity contribution in [3.63, 3.8) is 0 Å². The lowest BCUT2D eigenvalue weighted by atomic mass is 10.0. The first kappa shape index (κ1) is 8.79. The van der Waals surface area contributed by atoms with Gasteiger partial charge in [-0.25, -0.2) is 0 Å². The summed E-state index contributed by atoms with van der Waals surface area (Å²) in [6.45, 7) is 7.42. The molecule has 1 heteroatoms. The predicted molar refractivity (Wildman–Crippen MR) is 47.6 cm³/mol. The van der Waals surface area contributed by atoms with E-state index in [1.54, 1.807) is 0 Å². The summed E-state index contributed by atoms with van der Waals surface area (Å²) in [5.74, 6) is 0.778. The van der Waals surface area contributed by atoms with Gasteiger partial charge in [0.25, 0.3) is 0 Å². The predicted octanol–water partition coefficient (Wildman–Crippen LogP) is 2.77. The van der Waals surface area contributed by atoms with Crippen molar-refractivity contribution in [2.24, 2.45) is 5.92 Å². The lowest BCUT2D eigenvalue weighted by Crippen LogP contribution is -1.97. The van der Waals surface area contributed by atoms with Crippen LogP contribution in [0.2, 0.25) is 0 Å². The average Bonchev–Trinajstić information content (AvgIpc) is 2.31. The zero-order valence-corrected chi connectivity index (χ0v) is 7.76. The lowest BCUT2D eigenvalue weighted by molar-refractivity contribution is 0.120. The van der Waals surface area contributed by atoms with Gasteiger partial charge in [0, 0.05) is 0 Å². The van der Waals surface area contributed by atoms with Crippen LogP contribution in [0.3, 0.4) is 0 Å². The van der Waals surface area contributed by atoms with Gasteiger partial charge in [0.05, 0.1) is 12.7 Å². The van der Waals surface area contributed by atoms with E-state index in [9.17, 15) is 0 Å². The first-order valence-corrected chi connectivity index (χ1v) is 4.43. The van der Waals surface area contributed by atoms with Crippen LogP contribution in [0.4, 0.5) is 0 Å². The maximum absolute atomic E-state index is 5.47. The van der Waals surface area contributed by atoms with Crippen LogP contribution in [-0.2, 0) is 4.74 Å². The van der Waals surface area contributed by atoms with Crippen LogP contribution in [0.25, 0.3) is 0 Å². The summed E-state index contributed by atoms with van der Waals surface area (Å²) in [6.07, 6.45) is 5.24. The van der Waals surface area contributed by atoms with E-state index in [4.69, 9.17) is 4.74 Å². The summed E-state index contributed by atoms with van der Waals surface area (Å²) in [7, 11) is 0. The molecule has 0 aromatic carbocycles. The molecule has 1 aliphatic heterocycles. The van der Waals surface area contributed by atoms with Crippen LogP contribution in [-0.4, -0.2) is 12.7 Å². The fourth-order valence-corrected chi connectivity index (χ4v) is 1.47. The molecule has 0 bridgehead atoms. The molecule has 1 nitrogen and oxygen atoms in total. The van der Waals surface area contributed by atoms with E-state index in [0.717, 1.165) is 12.5 Å². The zero-order valence-electron chi connectivity index (χ0n) is 7.76. The molecule has 2 unspecified atom stereocenters. The molecule has 0 saturated carbocycles. The van der Waals surface area contributed by atoms with E-state index in [-0.39, 0.29) is 0 Å². The molecule has 2 atom stereocenters. The fourth-order valence-electron chi connectivity index (χ4n) is 1.47. The number of rotatable bonds is 2. The topological polar surface area (TPSA) is 9.23 Å². The highest BCUT2D eigenvalue weighted by molar-refractivity contribution is 4.94. The van der Waals surface area contributed by atoms with Gasteiger partial charge in [0.2, 0.25) is 0 Å². The Balaban J connectivity index is 2.23. The first-order chi connectivity index (χ1) is 5.18. The van der Waals surface area contributed by atoms with Crippen LogP contribution in [0, 0.1) is 5.92 Å². The van der Waals surface area contributed by atoms with Crippen LogP contribution in [0.1, 0.15) is 33.6 Å². The first-order valence-electron chi connectivity index (χ1n) is 4.43. The third kappa shape index (κ3) is 3.06. The molecular weight excluding hydrogens is 136 g/mol. The van der Waals surface area contributed by atoms with Crippen LogP contribution in [0.15, 0.2) is 11.6 Å². The van der Waals surface area contributed by atoms with E-state index in [1.807, 2.05) is 0 Å². The second-order valence-corrected chi connectivity index (χ2v) is 3.76. The molecule has 64 valence electrons. The molecule has 0 aliphatic carbocycles. The van der Waals surface area contributed by atoms with Gasteiger partial charge in [-0.05, 0) is 39.5 Å². The monoisotopic (exact) mass is 154 g/mol. The Morgan fingerprint density at radius 3 is 2.73 bits per heavy atom. The average molecular weight is 154 g/mol. The van der Waals surface area contributed by atoms with Gasteiger partial charge in [-0.1, -0.05) is 11.6 Å². The van der Waals surface area contributed by atoms with Crippen molar-refractivity contribution in [3.8, 4) is 0 Å². The molecule has 0 aromatic rings. The van der Waals surface area contributed by atoms with E-state index < -0.39 is 0 Å². The molecular formula is C10H18O. The molecule has 1 heterocycles. The molecule has 1 aliphatic rings. The standard InChI is InChI=1S/C10H18O/c1-8(2)4-5-10-6-9(3)11-7-10/h4,9-10H,5-7H2,1-3H3. The van der Waals surface area contributed by atoms with Gasteiger partial charge in [-0.3, -0.25) is 0 Å². The second-order valence-electron chi connectivity index (χ2n) is 3.76. The SMILES string of the molecule is CC(C)=CCC1COC(C)C1. The molecule has 0 radical (unpaired) electrons. The molecule has 0 N–H and O–H groups in total.